The van der Waals surface area contributed by atoms with Crippen LogP contribution in [0.15, 0.2) is 162 Å². The molecular formula is C65H62BrClN6O11. The van der Waals surface area contributed by atoms with Crippen molar-refractivity contribution in [3.05, 3.63) is 218 Å². The Morgan fingerprint density at radius 2 is 0.774 bits per heavy atom. The molecule has 84 heavy (non-hydrogen) atoms. The van der Waals surface area contributed by atoms with E-state index >= 15 is 0 Å². The number of ether oxygens (including phenoxy) is 2. The fraction of sp³-hybridized carbons (Fsp3) is 0.169. The number of nitrogens with zero attached hydrogens (tertiary/aromatic N) is 3. The smallest absolute Gasteiger partial charge is 0.303 e. The number of hydrogen-bond acceptors (Lipinski definition) is 8. The number of aromatic nitrogens is 3. The molecule has 6 aromatic carbocycles. The average molecular weight is 1220 g/mol. The zero-order chi connectivity index (χ0) is 60.9. The Hall–Kier alpha value is -9.65. The number of hydrogen-bond donors (Lipinski definition) is 6. The standard InChI is InChI=1S/C22H21ClN2O4.C22H22N2O4.C21H19BrN2O3/c1-13-11-15(22(24)28)3-7-18(13)25-16(6-10-21(26)27)5-8-19(25)14-4-9-20(29-2)17(23)12-14;1-14-13-16(22(23)27)5-10-19(14)24-17(7-12-21(25)26)6-11-20(24)15-3-8-18(28-2)9-4-15;1-13-12-15(21(23)27)4-9-18(13)24-17(8-11-20(25)26)7-10-19(24)14-2-5-16(22)6-3-14/h3-5,7-9,11-12H,6,10H2,1-2H3,(H2,24,28)(H,26,27);3-6,8-11,13H,7,12H2,1-2H3,(H2,23,27)(H,25,26);2-7,9-10,12H,8,11H2,1H3,(H2,23,27)(H,25,26). The molecule has 9 rings (SSSR count). The van der Waals surface area contributed by atoms with Gasteiger partial charge < -0.3 is 55.7 Å². The zero-order valence-electron chi connectivity index (χ0n) is 46.7. The van der Waals surface area contributed by atoms with Crippen LogP contribution in [0.3, 0.4) is 0 Å². The molecule has 19 heteroatoms. The fourth-order valence-electron chi connectivity index (χ4n) is 9.64. The van der Waals surface area contributed by atoms with Gasteiger partial charge >= 0.3 is 17.9 Å². The van der Waals surface area contributed by atoms with Gasteiger partial charge in [0.05, 0.1) is 55.6 Å². The van der Waals surface area contributed by atoms with Crippen LogP contribution < -0.4 is 26.7 Å². The molecular weight excluding hydrogens is 1160 g/mol. The molecule has 0 saturated heterocycles. The van der Waals surface area contributed by atoms with Crippen molar-refractivity contribution in [1.29, 1.82) is 0 Å². The normalized spacial score (nSPS) is 10.7. The lowest BCUT2D eigenvalue weighted by atomic mass is 10.1. The van der Waals surface area contributed by atoms with Crippen molar-refractivity contribution in [3.8, 4) is 62.3 Å². The zero-order valence-corrected chi connectivity index (χ0v) is 49.0. The van der Waals surface area contributed by atoms with E-state index in [9.17, 15) is 28.8 Å². The Balaban J connectivity index is 0.000000181. The Bertz CT molecular complexity index is 3920. The van der Waals surface area contributed by atoms with Crippen LogP contribution in [0.2, 0.25) is 5.02 Å². The Morgan fingerprint density at radius 1 is 0.440 bits per heavy atom. The highest BCUT2D eigenvalue weighted by Crippen LogP contribution is 2.36. The molecule has 0 radical (unpaired) electrons. The van der Waals surface area contributed by atoms with Gasteiger partial charge in [-0.2, -0.15) is 0 Å². The Morgan fingerprint density at radius 3 is 1.07 bits per heavy atom. The van der Waals surface area contributed by atoms with Crippen LogP contribution in [-0.4, -0.2) is 78.9 Å². The van der Waals surface area contributed by atoms with E-state index in [0.29, 0.717) is 46.7 Å². The van der Waals surface area contributed by atoms with Gasteiger partial charge in [0.2, 0.25) is 17.7 Å². The monoisotopic (exact) mass is 1220 g/mol. The summed E-state index contributed by atoms with van der Waals surface area (Å²) in [5.74, 6) is -2.68. The molecule has 0 atom stereocenters. The number of nitrogens with two attached hydrogens (primary N) is 3. The van der Waals surface area contributed by atoms with Crippen molar-refractivity contribution in [3.63, 3.8) is 0 Å². The van der Waals surface area contributed by atoms with Crippen LogP contribution in [0.5, 0.6) is 11.5 Å². The second kappa shape index (κ2) is 27.9. The summed E-state index contributed by atoms with van der Waals surface area (Å²) in [7, 11) is 3.17. The second-order valence-corrected chi connectivity index (χ2v) is 20.8. The summed E-state index contributed by atoms with van der Waals surface area (Å²) in [5.41, 5.74) is 30.9. The van der Waals surface area contributed by atoms with Crippen molar-refractivity contribution in [2.24, 2.45) is 17.2 Å². The molecule has 9 aromatic rings. The Kier molecular flexibility index (Phi) is 20.6. The summed E-state index contributed by atoms with van der Waals surface area (Å²) in [4.78, 5) is 67.7. The summed E-state index contributed by atoms with van der Waals surface area (Å²) in [6, 6.07) is 48.5. The molecule has 0 bridgehead atoms. The minimum Gasteiger partial charge on any atom is -0.497 e. The van der Waals surface area contributed by atoms with E-state index in [1.807, 2.05) is 144 Å². The molecule has 0 aliphatic heterocycles. The molecule has 17 nitrogen and oxygen atoms in total. The van der Waals surface area contributed by atoms with Gasteiger partial charge in [-0.15, -0.1) is 0 Å². The summed E-state index contributed by atoms with van der Waals surface area (Å²) < 4.78 is 17.5. The minimum atomic E-state index is -0.868. The van der Waals surface area contributed by atoms with E-state index < -0.39 is 35.6 Å². The second-order valence-electron chi connectivity index (χ2n) is 19.5. The van der Waals surface area contributed by atoms with Gasteiger partial charge in [-0.25, -0.2) is 0 Å². The molecule has 0 aliphatic rings. The van der Waals surface area contributed by atoms with Gasteiger partial charge in [0, 0.05) is 60.9 Å². The average Bonchev–Trinajstić information content (AvgIpc) is 3.37. The first-order valence-corrected chi connectivity index (χ1v) is 27.5. The van der Waals surface area contributed by atoms with Crippen LogP contribution in [0, 0.1) is 20.8 Å². The molecule has 3 aromatic heterocycles. The van der Waals surface area contributed by atoms with E-state index in [0.717, 1.165) is 94.8 Å². The highest BCUT2D eigenvalue weighted by atomic mass is 79.9. The van der Waals surface area contributed by atoms with Crippen LogP contribution >= 0.6 is 27.5 Å². The molecule has 9 N–H and O–H groups in total. The highest BCUT2D eigenvalue weighted by molar-refractivity contribution is 9.10. The predicted octanol–water partition coefficient (Wildman–Crippen LogP) is 12.1. The largest absolute Gasteiger partial charge is 0.497 e. The molecule has 0 fully saturated rings. The summed E-state index contributed by atoms with van der Waals surface area (Å²) >= 11 is 9.76. The van der Waals surface area contributed by atoms with E-state index in [4.69, 9.17) is 53.6 Å². The topological polar surface area (TPSA) is 274 Å². The van der Waals surface area contributed by atoms with Gasteiger partial charge in [-0.1, -0.05) is 39.7 Å². The number of carboxylic acid groups (broad SMARTS) is 3. The van der Waals surface area contributed by atoms with Crippen LogP contribution in [-0.2, 0) is 33.6 Å². The van der Waals surface area contributed by atoms with Gasteiger partial charge in [0.1, 0.15) is 11.5 Å². The Labute approximate surface area is 498 Å². The third-order valence-electron chi connectivity index (χ3n) is 13.8. The maximum absolute atomic E-state index is 11.5. The number of halogens is 2. The first-order valence-electron chi connectivity index (χ1n) is 26.3. The fourth-order valence-corrected chi connectivity index (χ4v) is 10.2. The van der Waals surface area contributed by atoms with Crippen molar-refractivity contribution in [2.45, 2.75) is 59.3 Å². The molecule has 0 spiro atoms. The number of rotatable bonds is 20. The third kappa shape index (κ3) is 15.1. The van der Waals surface area contributed by atoms with Gasteiger partial charge in [-0.3, -0.25) is 28.8 Å². The van der Waals surface area contributed by atoms with E-state index in [2.05, 4.69) is 15.9 Å². The molecule has 3 heterocycles. The molecule has 0 unspecified atom stereocenters. The number of methoxy groups -OCH3 is 2. The lowest BCUT2D eigenvalue weighted by Gasteiger charge is -2.17. The predicted molar refractivity (Wildman–Crippen MR) is 327 cm³/mol. The SMILES string of the molecule is COc1ccc(-c2ccc(CCC(=O)O)n2-c2ccc(C(N)=O)cc2C)cc1.COc1ccc(-c2ccc(CCC(=O)O)n2-c2ccc(C(N)=O)cc2C)cc1Cl.Cc1cc(C(N)=O)ccc1-n1c(CCC(=O)O)ccc1-c1ccc(Br)cc1. The van der Waals surface area contributed by atoms with Crippen LogP contribution in [0.25, 0.3) is 50.8 Å². The van der Waals surface area contributed by atoms with E-state index in [-0.39, 0.29) is 19.3 Å². The maximum atomic E-state index is 11.5. The molecule has 3 amide bonds. The quantitative estimate of drug-likeness (QED) is 0.0417. The van der Waals surface area contributed by atoms with Crippen molar-refractivity contribution in [2.75, 3.05) is 14.2 Å². The van der Waals surface area contributed by atoms with Gasteiger partial charge in [0.25, 0.3) is 0 Å². The summed E-state index contributed by atoms with van der Waals surface area (Å²) in [5, 5.41) is 27.8. The van der Waals surface area contributed by atoms with Gasteiger partial charge in [-0.05, 0) is 213 Å². The number of amides is 3. The summed E-state index contributed by atoms with van der Waals surface area (Å²) in [6.07, 6.45) is 1.24. The maximum Gasteiger partial charge on any atom is 0.303 e. The number of carbonyl (C=O) groups excluding carboxylic acids is 3. The number of aliphatic carboxylic acids is 3. The number of primary amides is 3. The van der Waals surface area contributed by atoms with Crippen molar-refractivity contribution >= 4 is 63.2 Å². The molecule has 0 saturated carbocycles. The number of carbonyl (C=O) groups is 6. The van der Waals surface area contributed by atoms with E-state index in [1.54, 1.807) is 62.8 Å². The first kappa shape index (κ1) is 62.0. The number of aryl methyl sites for hydroxylation is 6. The lowest BCUT2D eigenvalue weighted by Crippen LogP contribution is -2.12. The van der Waals surface area contributed by atoms with Crippen LogP contribution in [0.4, 0.5) is 0 Å². The number of carboxylic acids is 3. The van der Waals surface area contributed by atoms with Crippen LogP contribution in [0.1, 0.15) is 84.1 Å². The van der Waals surface area contributed by atoms with Gasteiger partial charge in [0.15, 0.2) is 0 Å². The lowest BCUT2D eigenvalue weighted by molar-refractivity contribution is -0.138. The van der Waals surface area contributed by atoms with E-state index in [1.165, 1.54) is 0 Å². The molecule has 0 aliphatic carbocycles. The first-order chi connectivity index (χ1) is 40.1. The minimum absolute atomic E-state index is 0.00520. The van der Waals surface area contributed by atoms with Crippen molar-refractivity contribution in [1.82, 2.24) is 13.7 Å². The molecule has 432 valence electrons. The third-order valence-corrected chi connectivity index (χ3v) is 14.6. The number of benzene rings is 6. The highest BCUT2D eigenvalue weighted by Gasteiger charge is 2.20. The van der Waals surface area contributed by atoms with Crippen molar-refractivity contribution < 1.29 is 53.6 Å². The summed E-state index contributed by atoms with van der Waals surface area (Å²) in [6.45, 7) is 5.70.